The largest absolute Gasteiger partial charge is 0.508 e. The minimum absolute atomic E-state index is 0.137. The Hall–Kier alpha value is -5.78. The van der Waals surface area contributed by atoms with Crippen molar-refractivity contribution in [1.29, 1.82) is 0 Å². The molecule has 0 saturated heterocycles. The molecule has 0 aliphatic carbocycles. The third-order valence-electron chi connectivity index (χ3n) is 7.23. The van der Waals surface area contributed by atoms with Gasteiger partial charge in [0.2, 0.25) is 5.82 Å². The van der Waals surface area contributed by atoms with E-state index in [-0.39, 0.29) is 37.8 Å². The second-order valence-electron chi connectivity index (χ2n) is 10.7. The number of aliphatic carboxylic acids is 1. The van der Waals surface area contributed by atoms with Gasteiger partial charge >= 0.3 is 18.2 Å². The zero-order valence-corrected chi connectivity index (χ0v) is 27.7. The number of aryl methyl sites for hydroxylation is 1. The Balaban J connectivity index is 1.37. The molecule has 1 atom stereocenters. The molecule has 0 aliphatic rings. The fourth-order valence-corrected chi connectivity index (χ4v) is 4.97. The topological polar surface area (TPSA) is 236 Å². The van der Waals surface area contributed by atoms with Gasteiger partial charge in [-0.15, -0.1) is 20.3 Å². The van der Waals surface area contributed by atoms with Crippen molar-refractivity contribution in [3.63, 3.8) is 0 Å². The van der Waals surface area contributed by atoms with Gasteiger partial charge in [0, 0.05) is 18.5 Å². The number of imidazole rings is 1. The summed E-state index contributed by atoms with van der Waals surface area (Å²) in [5, 5.41) is 35.3. The van der Waals surface area contributed by atoms with Crippen molar-refractivity contribution in [2.24, 2.45) is 0 Å². The van der Waals surface area contributed by atoms with E-state index in [0.29, 0.717) is 30.3 Å². The summed E-state index contributed by atoms with van der Waals surface area (Å²) in [6.07, 6.45) is 0.603. The maximum Gasteiger partial charge on any atom is 0.508 e. The second-order valence-corrected chi connectivity index (χ2v) is 11.1. The van der Waals surface area contributed by atoms with Gasteiger partial charge < -0.3 is 34.0 Å². The van der Waals surface area contributed by atoms with Gasteiger partial charge in [-0.2, -0.15) is 5.21 Å². The lowest BCUT2D eigenvalue weighted by atomic mass is 9.98. The Morgan fingerprint density at radius 2 is 1.78 bits per heavy atom. The summed E-state index contributed by atoms with van der Waals surface area (Å²) in [5.74, 6) is -0.313. The van der Waals surface area contributed by atoms with E-state index < -0.39 is 36.0 Å². The molecule has 0 spiro atoms. The number of unbranched alkanes of at least 4 members (excludes halogenated alkanes) is 2. The van der Waals surface area contributed by atoms with Crippen molar-refractivity contribution in [3.8, 4) is 22.5 Å². The number of amides is 1. The predicted molar refractivity (Wildman–Crippen MR) is 174 cm³/mol. The summed E-state index contributed by atoms with van der Waals surface area (Å²) in [5.41, 5.74) is 4.02. The van der Waals surface area contributed by atoms with Crippen molar-refractivity contribution < 1.29 is 43.6 Å². The van der Waals surface area contributed by atoms with Crippen molar-refractivity contribution >= 4 is 29.8 Å². The summed E-state index contributed by atoms with van der Waals surface area (Å²) < 4.78 is 16.8. The van der Waals surface area contributed by atoms with Gasteiger partial charge in [-0.25, -0.2) is 19.4 Å². The van der Waals surface area contributed by atoms with Crippen LogP contribution in [0.15, 0.2) is 48.5 Å². The lowest BCUT2D eigenvalue weighted by Gasteiger charge is -2.16. The molecular formula is C31H35ClN8O10. The number of H-pyrrole nitrogens is 1. The van der Waals surface area contributed by atoms with Crippen LogP contribution in [-0.2, 0) is 43.4 Å². The first-order valence-electron chi connectivity index (χ1n) is 15.5. The Bertz CT molecular complexity index is 1730. The number of alkyl carbamates (subject to hydrolysis) is 1. The number of carboxylic acid groups (broad SMARTS) is 1. The number of rotatable bonds is 19. The molecule has 266 valence electrons. The number of hydrogen-bond donors (Lipinski definition) is 3. The van der Waals surface area contributed by atoms with E-state index in [0.717, 1.165) is 35.1 Å². The highest BCUT2D eigenvalue weighted by molar-refractivity contribution is 6.30. The first-order valence-corrected chi connectivity index (χ1v) is 15.9. The number of halogens is 1. The van der Waals surface area contributed by atoms with Gasteiger partial charge in [-0.05, 0) is 41.2 Å². The van der Waals surface area contributed by atoms with Crippen molar-refractivity contribution in [1.82, 2.24) is 35.5 Å². The van der Waals surface area contributed by atoms with Crippen LogP contribution in [-0.4, -0.2) is 84.4 Å². The number of carbonyl (C=O) groups is 3. The van der Waals surface area contributed by atoms with Crippen LogP contribution in [0.5, 0.6) is 0 Å². The Kier molecular flexibility index (Phi) is 13.8. The Morgan fingerprint density at radius 3 is 2.46 bits per heavy atom. The standard InChI is InChI=1S/C31H35ClN8O10/c1-2-3-10-26-34-27(32)25(19-48-30(43)33-24(29(41)42)18-49-31(44)47-15-6-7-16-50-40(45)46)39(26)17-20-11-13-21(14-12-20)22-8-4-5-9-23(22)28-35-37-38-36-28/h4-5,8-9,11-14,24H,2-3,6-7,10,15-19H2,1H3,(H,33,43)(H,41,42)(H,35,36,37,38). The maximum atomic E-state index is 12.6. The van der Waals surface area contributed by atoms with Crippen LogP contribution >= 0.6 is 11.6 Å². The van der Waals surface area contributed by atoms with E-state index >= 15 is 0 Å². The number of nitrogens with one attached hydrogen (secondary N) is 2. The number of carboxylic acids is 1. The molecule has 4 rings (SSSR count). The number of ether oxygens (including phenoxy) is 3. The van der Waals surface area contributed by atoms with Gasteiger partial charge in [0.05, 0.1) is 18.9 Å². The summed E-state index contributed by atoms with van der Waals surface area (Å²) >= 11 is 6.51. The van der Waals surface area contributed by atoms with Crippen LogP contribution in [0.3, 0.4) is 0 Å². The molecule has 0 aliphatic heterocycles. The molecule has 18 nitrogen and oxygen atoms in total. The van der Waals surface area contributed by atoms with E-state index in [1.54, 1.807) is 0 Å². The van der Waals surface area contributed by atoms with Crippen LogP contribution in [0, 0.1) is 10.1 Å². The number of nitrogens with zero attached hydrogens (tertiary/aromatic N) is 6. The zero-order chi connectivity index (χ0) is 35.9. The van der Waals surface area contributed by atoms with Gasteiger partial charge in [0.1, 0.15) is 19.0 Å². The number of aromatic amines is 1. The molecule has 0 radical (unpaired) electrons. The molecule has 50 heavy (non-hydrogen) atoms. The highest BCUT2D eigenvalue weighted by Gasteiger charge is 2.24. The highest BCUT2D eigenvalue weighted by atomic mass is 35.5. The van der Waals surface area contributed by atoms with E-state index in [1.165, 1.54) is 0 Å². The molecule has 1 unspecified atom stereocenters. The number of hydrogen-bond acceptors (Lipinski definition) is 13. The summed E-state index contributed by atoms with van der Waals surface area (Å²) in [6, 6.07) is 13.9. The SMILES string of the molecule is CCCCc1nc(Cl)c(COC(=O)NC(COC(=O)OCCCCO[N+](=O)[O-])C(=O)O)n1Cc1ccc(-c2ccccc2-c2nn[nH]n2)cc1. The number of aromatic nitrogens is 6. The predicted octanol–water partition coefficient (Wildman–Crippen LogP) is 4.60. The van der Waals surface area contributed by atoms with Crippen LogP contribution < -0.4 is 5.32 Å². The maximum absolute atomic E-state index is 12.6. The van der Waals surface area contributed by atoms with E-state index in [9.17, 15) is 29.6 Å². The average Bonchev–Trinajstić information content (AvgIpc) is 3.74. The molecule has 19 heteroatoms. The zero-order valence-electron chi connectivity index (χ0n) is 26.9. The quantitative estimate of drug-likeness (QED) is 0.0521. The second kappa shape index (κ2) is 18.7. The highest BCUT2D eigenvalue weighted by Crippen LogP contribution is 2.30. The van der Waals surface area contributed by atoms with Crippen LogP contribution in [0.1, 0.15) is 49.7 Å². The first-order chi connectivity index (χ1) is 24.2. The molecule has 2 aromatic carbocycles. The number of benzene rings is 2. The van der Waals surface area contributed by atoms with E-state index in [2.05, 4.69) is 42.7 Å². The van der Waals surface area contributed by atoms with Crippen molar-refractivity contribution in [2.45, 2.75) is 58.2 Å². The monoisotopic (exact) mass is 714 g/mol. The third kappa shape index (κ3) is 10.9. The normalized spacial score (nSPS) is 11.4. The molecule has 1 amide bonds. The lowest BCUT2D eigenvalue weighted by molar-refractivity contribution is -0.757. The minimum Gasteiger partial charge on any atom is -0.480 e. The lowest BCUT2D eigenvalue weighted by Crippen LogP contribution is -2.44. The molecule has 2 heterocycles. The van der Waals surface area contributed by atoms with Crippen molar-refractivity contribution in [2.75, 3.05) is 19.8 Å². The molecule has 0 fully saturated rings. The fourth-order valence-electron chi connectivity index (χ4n) is 4.72. The van der Waals surface area contributed by atoms with Gasteiger partial charge in [-0.3, -0.25) is 0 Å². The molecule has 3 N–H and O–H groups in total. The fraction of sp³-hybridized carbons (Fsp3) is 0.387. The Labute approximate surface area is 290 Å². The van der Waals surface area contributed by atoms with Gasteiger partial charge in [0.25, 0.3) is 5.09 Å². The summed E-state index contributed by atoms with van der Waals surface area (Å²) in [6.45, 7) is 1.04. The van der Waals surface area contributed by atoms with Crippen LogP contribution in [0.2, 0.25) is 5.15 Å². The van der Waals surface area contributed by atoms with Crippen LogP contribution in [0.25, 0.3) is 22.5 Å². The summed E-state index contributed by atoms with van der Waals surface area (Å²) in [7, 11) is 0. The van der Waals surface area contributed by atoms with Crippen molar-refractivity contribution in [3.05, 3.63) is 80.9 Å². The molecule has 2 aromatic heterocycles. The van der Waals surface area contributed by atoms with E-state index in [4.69, 9.17) is 25.8 Å². The Morgan fingerprint density at radius 1 is 1.04 bits per heavy atom. The molecule has 4 aromatic rings. The van der Waals surface area contributed by atoms with Gasteiger partial charge in [-0.1, -0.05) is 73.5 Å². The summed E-state index contributed by atoms with van der Waals surface area (Å²) in [4.78, 5) is 54.9. The van der Waals surface area contributed by atoms with E-state index in [1.807, 2.05) is 53.1 Å². The first kappa shape index (κ1) is 37.0. The molecule has 0 saturated carbocycles. The smallest absolute Gasteiger partial charge is 0.480 e. The third-order valence-corrected chi connectivity index (χ3v) is 7.53. The molecule has 0 bridgehead atoms. The number of carbonyl (C=O) groups excluding carboxylic acids is 2. The minimum atomic E-state index is -1.65. The average molecular weight is 715 g/mol. The van der Waals surface area contributed by atoms with Crippen LogP contribution in [0.4, 0.5) is 9.59 Å². The van der Waals surface area contributed by atoms with Gasteiger partial charge in [0.15, 0.2) is 11.2 Å². The molecular weight excluding hydrogens is 680 g/mol. The number of tetrazole rings is 1.